The zero-order valence-electron chi connectivity index (χ0n) is 15.9. The summed E-state index contributed by atoms with van der Waals surface area (Å²) in [5.41, 5.74) is 4.75. The molecule has 3 rings (SSSR count). The number of carbonyl (C=O) groups excluding carboxylic acids is 2. The van der Waals surface area contributed by atoms with Gasteiger partial charge in [-0.1, -0.05) is 29.5 Å². The van der Waals surface area contributed by atoms with Crippen molar-refractivity contribution in [3.8, 4) is 0 Å². The third kappa shape index (κ3) is 4.17. The van der Waals surface area contributed by atoms with Crippen LogP contribution in [0.2, 0.25) is 0 Å². The summed E-state index contributed by atoms with van der Waals surface area (Å²) in [6.45, 7) is 6.20. The predicted molar refractivity (Wildman–Crippen MR) is 107 cm³/mol. The highest BCUT2D eigenvalue weighted by Gasteiger charge is 2.11. The second-order valence-electron chi connectivity index (χ2n) is 6.45. The number of thiazole rings is 1. The number of fused-ring (bicyclic) bond motifs is 1. The number of amides is 1. The number of hydrogen-bond acceptors (Lipinski definition) is 4. The molecule has 6 heteroatoms. The van der Waals surface area contributed by atoms with E-state index in [2.05, 4.69) is 4.99 Å². The average Bonchev–Trinajstić information content (AvgIpc) is 2.93. The third-order valence-electron chi connectivity index (χ3n) is 4.47. The molecule has 0 saturated carbocycles. The molecule has 0 saturated heterocycles. The van der Waals surface area contributed by atoms with Crippen molar-refractivity contribution in [3.63, 3.8) is 0 Å². The Labute approximate surface area is 161 Å². The molecule has 1 aromatic heterocycles. The van der Waals surface area contributed by atoms with Crippen molar-refractivity contribution in [2.45, 2.75) is 27.2 Å². The second-order valence-corrected chi connectivity index (χ2v) is 7.46. The Kier molecular flexibility index (Phi) is 5.56. The number of esters is 1. The summed E-state index contributed by atoms with van der Waals surface area (Å²) in [6, 6.07) is 11.4. The smallest absolute Gasteiger partial charge is 0.338 e. The van der Waals surface area contributed by atoms with Crippen LogP contribution < -0.4 is 4.80 Å². The highest BCUT2D eigenvalue weighted by Crippen LogP contribution is 2.19. The Morgan fingerprint density at radius 1 is 1.11 bits per heavy atom. The summed E-state index contributed by atoms with van der Waals surface area (Å²) >= 11 is 1.39. The number of ether oxygens (including phenoxy) is 1. The molecular weight excluding hydrogens is 360 g/mol. The van der Waals surface area contributed by atoms with Crippen LogP contribution in [0.1, 0.15) is 34.0 Å². The van der Waals surface area contributed by atoms with E-state index in [-0.39, 0.29) is 18.3 Å². The Morgan fingerprint density at radius 2 is 1.89 bits per heavy atom. The SMILES string of the molecule is CCOC(=O)c1ccc2c(c1)sc(=NC(=O)Cc1ccc(C)c(C)c1)n2C. The van der Waals surface area contributed by atoms with Gasteiger partial charge in [-0.15, -0.1) is 0 Å². The zero-order chi connectivity index (χ0) is 19.6. The minimum Gasteiger partial charge on any atom is -0.462 e. The van der Waals surface area contributed by atoms with Gasteiger partial charge in [0, 0.05) is 7.05 Å². The molecule has 27 heavy (non-hydrogen) atoms. The van der Waals surface area contributed by atoms with Gasteiger partial charge >= 0.3 is 5.97 Å². The van der Waals surface area contributed by atoms with Crippen LogP contribution in [0, 0.1) is 13.8 Å². The van der Waals surface area contributed by atoms with Gasteiger partial charge in [-0.05, 0) is 55.7 Å². The highest BCUT2D eigenvalue weighted by atomic mass is 32.1. The maximum absolute atomic E-state index is 12.4. The van der Waals surface area contributed by atoms with Gasteiger partial charge in [0.1, 0.15) is 0 Å². The van der Waals surface area contributed by atoms with Gasteiger partial charge in [-0.3, -0.25) is 4.79 Å². The molecule has 0 aliphatic carbocycles. The van der Waals surface area contributed by atoms with E-state index in [0.29, 0.717) is 17.0 Å². The molecular formula is C21H22N2O3S. The lowest BCUT2D eigenvalue weighted by molar-refractivity contribution is -0.117. The lowest BCUT2D eigenvalue weighted by Crippen LogP contribution is -2.14. The molecule has 0 aliphatic rings. The van der Waals surface area contributed by atoms with Crippen molar-refractivity contribution in [2.75, 3.05) is 6.61 Å². The highest BCUT2D eigenvalue weighted by molar-refractivity contribution is 7.16. The molecule has 2 aromatic carbocycles. The number of aromatic nitrogens is 1. The first-order valence-electron chi connectivity index (χ1n) is 8.79. The fourth-order valence-electron chi connectivity index (χ4n) is 2.82. The topological polar surface area (TPSA) is 60.7 Å². The van der Waals surface area contributed by atoms with Crippen molar-refractivity contribution in [3.05, 3.63) is 63.5 Å². The van der Waals surface area contributed by atoms with E-state index in [1.54, 1.807) is 19.1 Å². The van der Waals surface area contributed by atoms with Crippen molar-refractivity contribution >= 4 is 33.4 Å². The normalized spacial score (nSPS) is 11.8. The zero-order valence-corrected chi connectivity index (χ0v) is 16.7. The van der Waals surface area contributed by atoms with E-state index >= 15 is 0 Å². The number of benzene rings is 2. The van der Waals surface area contributed by atoms with E-state index in [1.807, 2.05) is 49.7 Å². The number of nitrogens with zero attached hydrogens (tertiary/aromatic N) is 2. The molecule has 0 bridgehead atoms. The summed E-state index contributed by atoms with van der Waals surface area (Å²) in [6.07, 6.45) is 0.267. The second kappa shape index (κ2) is 7.88. The van der Waals surface area contributed by atoms with E-state index < -0.39 is 0 Å². The molecule has 0 aliphatic heterocycles. The standard InChI is InChI=1S/C21H22N2O3S/c1-5-26-20(25)16-8-9-17-18(12-16)27-21(23(17)4)22-19(24)11-15-7-6-13(2)14(3)10-15/h6-10,12H,5,11H2,1-4H3. The number of aryl methyl sites for hydroxylation is 3. The maximum Gasteiger partial charge on any atom is 0.338 e. The first kappa shape index (κ1) is 19.0. The van der Waals surface area contributed by atoms with Crippen LogP contribution >= 0.6 is 11.3 Å². The first-order chi connectivity index (χ1) is 12.9. The van der Waals surface area contributed by atoms with Gasteiger partial charge in [0.15, 0.2) is 4.80 Å². The van der Waals surface area contributed by atoms with Crippen LogP contribution in [0.5, 0.6) is 0 Å². The fourth-order valence-corrected chi connectivity index (χ4v) is 3.89. The Hall–Kier alpha value is -2.73. The van der Waals surface area contributed by atoms with Crippen molar-refractivity contribution in [1.82, 2.24) is 4.57 Å². The lowest BCUT2D eigenvalue weighted by Gasteiger charge is -2.03. The molecule has 0 fully saturated rings. The van der Waals surface area contributed by atoms with Gasteiger partial charge < -0.3 is 9.30 Å². The van der Waals surface area contributed by atoms with Crippen LogP contribution in [0.25, 0.3) is 10.2 Å². The molecule has 5 nitrogen and oxygen atoms in total. The molecule has 1 amide bonds. The van der Waals surface area contributed by atoms with Gasteiger partial charge in [0.2, 0.25) is 0 Å². The van der Waals surface area contributed by atoms with Gasteiger partial charge in [-0.2, -0.15) is 4.99 Å². The summed E-state index contributed by atoms with van der Waals surface area (Å²) in [5, 5.41) is 0. The monoisotopic (exact) mass is 382 g/mol. The third-order valence-corrected chi connectivity index (χ3v) is 5.56. The molecule has 1 heterocycles. The van der Waals surface area contributed by atoms with Crippen LogP contribution in [0.4, 0.5) is 0 Å². The molecule has 0 atom stereocenters. The first-order valence-corrected chi connectivity index (χ1v) is 9.61. The van der Waals surface area contributed by atoms with Crippen LogP contribution in [-0.2, 0) is 23.0 Å². The number of rotatable bonds is 4. The van der Waals surface area contributed by atoms with Gasteiger partial charge in [-0.25, -0.2) is 4.79 Å². The fraction of sp³-hybridized carbons (Fsp3) is 0.286. The predicted octanol–water partition coefficient (Wildman–Crippen LogP) is 3.70. The van der Waals surface area contributed by atoms with Gasteiger partial charge in [0.05, 0.1) is 28.8 Å². The van der Waals surface area contributed by atoms with E-state index in [4.69, 9.17) is 4.74 Å². The molecule has 0 spiro atoms. The van der Waals surface area contributed by atoms with Crippen LogP contribution in [-0.4, -0.2) is 23.1 Å². The molecule has 0 N–H and O–H groups in total. The van der Waals surface area contributed by atoms with Crippen LogP contribution in [0.15, 0.2) is 41.4 Å². The van der Waals surface area contributed by atoms with Crippen molar-refractivity contribution < 1.29 is 14.3 Å². The Bertz CT molecular complexity index is 1090. The molecule has 140 valence electrons. The maximum atomic E-state index is 12.4. The number of carbonyl (C=O) groups is 2. The molecule has 0 radical (unpaired) electrons. The summed E-state index contributed by atoms with van der Waals surface area (Å²) in [4.78, 5) is 29.2. The minimum absolute atomic E-state index is 0.189. The van der Waals surface area contributed by atoms with E-state index in [9.17, 15) is 9.59 Å². The largest absolute Gasteiger partial charge is 0.462 e. The Balaban J connectivity index is 1.90. The van der Waals surface area contributed by atoms with Crippen LogP contribution in [0.3, 0.4) is 0 Å². The lowest BCUT2D eigenvalue weighted by atomic mass is 10.0. The quantitative estimate of drug-likeness (QED) is 0.647. The van der Waals surface area contributed by atoms with E-state index in [1.165, 1.54) is 22.5 Å². The van der Waals surface area contributed by atoms with Gasteiger partial charge in [0.25, 0.3) is 5.91 Å². The Morgan fingerprint density at radius 3 is 2.59 bits per heavy atom. The summed E-state index contributed by atoms with van der Waals surface area (Å²) in [7, 11) is 1.87. The minimum atomic E-state index is -0.347. The number of hydrogen-bond donors (Lipinski definition) is 0. The molecule has 0 unspecified atom stereocenters. The average molecular weight is 382 g/mol. The van der Waals surface area contributed by atoms with Crippen molar-refractivity contribution in [2.24, 2.45) is 12.0 Å². The van der Waals surface area contributed by atoms with Crippen molar-refractivity contribution in [1.29, 1.82) is 0 Å². The summed E-state index contributed by atoms with van der Waals surface area (Å²) < 4.78 is 7.80. The van der Waals surface area contributed by atoms with E-state index in [0.717, 1.165) is 15.8 Å². The summed E-state index contributed by atoms with van der Waals surface area (Å²) in [5.74, 6) is -0.536. The molecule has 3 aromatic rings.